The van der Waals surface area contributed by atoms with Crippen molar-refractivity contribution in [3.05, 3.63) is 108 Å². The summed E-state index contributed by atoms with van der Waals surface area (Å²) in [6.07, 6.45) is 0. The maximum absolute atomic E-state index is 13.4. The van der Waals surface area contributed by atoms with Gasteiger partial charge >= 0.3 is 0 Å². The number of phenolic OH excluding ortho intramolecular Hbond substituents is 1. The van der Waals surface area contributed by atoms with Crippen molar-refractivity contribution in [3.8, 4) is 16.3 Å². The van der Waals surface area contributed by atoms with E-state index in [-0.39, 0.29) is 23.2 Å². The van der Waals surface area contributed by atoms with Gasteiger partial charge in [-0.15, -0.1) is 11.3 Å². The van der Waals surface area contributed by atoms with Gasteiger partial charge in [-0.2, -0.15) is 4.31 Å². The van der Waals surface area contributed by atoms with E-state index in [9.17, 15) is 18.3 Å². The number of para-hydroxylation sites is 1. The summed E-state index contributed by atoms with van der Waals surface area (Å²) in [6.45, 7) is 3.92. The number of fused-ring (bicyclic) bond motifs is 1. The van der Waals surface area contributed by atoms with Crippen molar-refractivity contribution in [2.45, 2.75) is 31.3 Å². The van der Waals surface area contributed by atoms with Crippen LogP contribution in [0.3, 0.4) is 0 Å². The van der Waals surface area contributed by atoms with Crippen LogP contribution in [0.25, 0.3) is 20.8 Å². The van der Waals surface area contributed by atoms with E-state index in [1.807, 2.05) is 68.4 Å². The second-order valence-corrected chi connectivity index (χ2v) is 12.2. The van der Waals surface area contributed by atoms with Crippen LogP contribution in [0.15, 0.2) is 102 Å². The summed E-state index contributed by atoms with van der Waals surface area (Å²) in [7, 11) is -3.78. The Morgan fingerprint density at radius 1 is 0.949 bits per heavy atom. The smallest absolute Gasteiger partial charge is 0.255 e. The van der Waals surface area contributed by atoms with E-state index < -0.39 is 15.9 Å². The fourth-order valence-electron chi connectivity index (χ4n) is 4.20. The second kappa shape index (κ2) is 11.0. The van der Waals surface area contributed by atoms with E-state index in [1.165, 1.54) is 46.0 Å². The molecule has 0 unspecified atom stereocenters. The Bertz CT molecular complexity index is 1700. The number of anilines is 1. The standard InChI is InChI=1S/C30H27N3O4S2/c1-20(2)33(19-21-8-4-3-5-9-21)39(36,37)24-15-12-22(13-16-24)29(35)31-23-14-17-27(34)25(18-23)30-32-26-10-6-7-11-28(26)38-30/h3-18,20,34H,19H2,1-2H3,(H,31,35). The second-order valence-electron chi connectivity index (χ2n) is 9.33. The number of sulfonamides is 1. The first kappa shape index (κ1) is 26.6. The molecule has 0 radical (unpaired) electrons. The highest BCUT2D eigenvalue weighted by Gasteiger charge is 2.27. The zero-order valence-electron chi connectivity index (χ0n) is 21.4. The lowest BCUT2D eigenvalue weighted by molar-refractivity contribution is 0.102. The number of aromatic nitrogens is 1. The first-order valence-corrected chi connectivity index (χ1v) is 14.6. The van der Waals surface area contributed by atoms with Crippen molar-refractivity contribution >= 4 is 43.2 Å². The molecule has 0 bridgehead atoms. The maximum Gasteiger partial charge on any atom is 0.255 e. The Balaban J connectivity index is 1.34. The number of hydrogen-bond acceptors (Lipinski definition) is 6. The van der Waals surface area contributed by atoms with E-state index in [0.29, 0.717) is 21.8 Å². The number of rotatable bonds is 8. The van der Waals surface area contributed by atoms with Crippen LogP contribution in [0.1, 0.15) is 29.8 Å². The zero-order valence-corrected chi connectivity index (χ0v) is 23.0. The number of hydrogen-bond donors (Lipinski definition) is 2. The van der Waals surface area contributed by atoms with Gasteiger partial charge in [-0.3, -0.25) is 4.79 Å². The van der Waals surface area contributed by atoms with Crippen molar-refractivity contribution in [1.29, 1.82) is 0 Å². The fourth-order valence-corrected chi connectivity index (χ4v) is 6.81. The van der Waals surface area contributed by atoms with Gasteiger partial charge in [0.2, 0.25) is 10.0 Å². The molecular weight excluding hydrogens is 530 g/mol. The molecule has 2 N–H and O–H groups in total. The number of thiazole rings is 1. The number of aromatic hydroxyl groups is 1. The molecule has 198 valence electrons. The number of carbonyl (C=O) groups excluding carboxylic acids is 1. The van der Waals surface area contributed by atoms with Crippen molar-refractivity contribution in [2.75, 3.05) is 5.32 Å². The summed E-state index contributed by atoms with van der Waals surface area (Å²) < 4.78 is 29.3. The van der Waals surface area contributed by atoms with Crippen LogP contribution < -0.4 is 5.32 Å². The highest BCUT2D eigenvalue weighted by Crippen LogP contribution is 2.36. The molecule has 5 rings (SSSR count). The van der Waals surface area contributed by atoms with Crippen LogP contribution in [-0.2, 0) is 16.6 Å². The molecule has 1 amide bonds. The minimum absolute atomic E-state index is 0.0619. The van der Waals surface area contributed by atoms with Crippen molar-refractivity contribution in [2.24, 2.45) is 0 Å². The van der Waals surface area contributed by atoms with Crippen LogP contribution in [0.4, 0.5) is 5.69 Å². The van der Waals surface area contributed by atoms with E-state index in [4.69, 9.17) is 0 Å². The van der Waals surface area contributed by atoms with E-state index >= 15 is 0 Å². The Labute approximate surface area is 231 Å². The molecule has 0 fully saturated rings. The van der Waals surface area contributed by atoms with Gasteiger partial charge in [0, 0.05) is 23.8 Å². The van der Waals surface area contributed by atoms with Crippen LogP contribution in [0.2, 0.25) is 0 Å². The van der Waals surface area contributed by atoms with Crippen LogP contribution in [-0.4, -0.2) is 34.8 Å². The molecule has 1 aromatic heterocycles. The van der Waals surface area contributed by atoms with E-state index in [1.54, 1.807) is 12.1 Å². The molecule has 0 aliphatic heterocycles. The van der Waals surface area contributed by atoms with Gasteiger partial charge in [-0.05, 0) is 74.0 Å². The van der Waals surface area contributed by atoms with Crippen molar-refractivity contribution < 1.29 is 18.3 Å². The van der Waals surface area contributed by atoms with Gasteiger partial charge in [-0.1, -0.05) is 42.5 Å². The number of phenols is 1. The molecule has 0 saturated heterocycles. The minimum Gasteiger partial charge on any atom is -0.507 e. The summed E-state index contributed by atoms with van der Waals surface area (Å²) in [4.78, 5) is 17.7. The third-order valence-corrected chi connectivity index (χ3v) is 9.36. The van der Waals surface area contributed by atoms with Crippen LogP contribution in [0, 0.1) is 0 Å². The first-order valence-electron chi connectivity index (χ1n) is 12.4. The molecule has 1 heterocycles. The Morgan fingerprint density at radius 2 is 1.64 bits per heavy atom. The maximum atomic E-state index is 13.4. The van der Waals surface area contributed by atoms with Gasteiger partial charge < -0.3 is 10.4 Å². The normalized spacial score (nSPS) is 11.8. The number of carbonyl (C=O) groups is 1. The quantitative estimate of drug-likeness (QED) is 0.212. The summed E-state index contributed by atoms with van der Waals surface area (Å²) >= 11 is 1.45. The number of nitrogens with one attached hydrogen (secondary N) is 1. The monoisotopic (exact) mass is 557 g/mol. The molecule has 7 nitrogen and oxygen atoms in total. The summed E-state index contributed by atoms with van der Waals surface area (Å²) in [6, 6.07) is 27.6. The van der Waals surface area contributed by atoms with Gasteiger partial charge in [0.1, 0.15) is 10.8 Å². The SMILES string of the molecule is CC(C)N(Cc1ccccc1)S(=O)(=O)c1ccc(C(=O)Nc2ccc(O)c(-c3nc4ccccc4s3)c2)cc1. The number of benzene rings is 4. The van der Waals surface area contributed by atoms with Crippen LogP contribution in [0.5, 0.6) is 5.75 Å². The first-order chi connectivity index (χ1) is 18.7. The predicted octanol–water partition coefficient (Wildman–Crippen LogP) is 6.52. The minimum atomic E-state index is -3.78. The average molecular weight is 558 g/mol. The largest absolute Gasteiger partial charge is 0.507 e. The predicted molar refractivity (Wildman–Crippen MR) is 155 cm³/mol. The Morgan fingerprint density at radius 3 is 2.33 bits per heavy atom. The third-order valence-electron chi connectivity index (χ3n) is 6.26. The molecule has 5 aromatic rings. The molecule has 4 aromatic carbocycles. The lowest BCUT2D eigenvalue weighted by atomic mass is 10.1. The van der Waals surface area contributed by atoms with E-state index in [2.05, 4.69) is 10.3 Å². The number of nitrogens with zero attached hydrogens (tertiary/aromatic N) is 2. The average Bonchev–Trinajstić information content (AvgIpc) is 3.37. The molecule has 0 aliphatic rings. The third kappa shape index (κ3) is 5.70. The topological polar surface area (TPSA) is 99.6 Å². The Hall–Kier alpha value is -4.05. The highest BCUT2D eigenvalue weighted by atomic mass is 32.2. The number of amides is 1. The summed E-state index contributed by atoms with van der Waals surface area (Å²) in [5.41, 5.74) is 3.04. The molecule has 0 spiro atoms. The molecular formula is C30H27N3O4S2. The fraction of sp³-hybridized carbons (Fsp3) is 0.133. The zero-order chi connectivity index (χ0) is 27.6. The summed E-state index contributed by atoms with van der Waals surface area (Å²) in [5, 5.41) is 13.9. The van der Waals surface area contributed by atoms with Gasteiger partial charge in [0.15, 0.2) is 0 Å². The van der Waals surface area contributed by atoms with Gasteiger partial charge in [-0.25, -0.2) is 13.4 Å². The van der Waals surface area contributed by atoms with E-state index in [0.717, 1.165) is 15.8 Å². The molecule has 0 atom stereocenters. The van der Waals surface area contributed by atoms with Gasteiger partial charge in [0.05, 0.1) is 20.7 Å². The lowest BCUT2D eigenvalue weighted by Gasteiger charge is -2.26. The van der Waals surface area contributed by atoms with Crippen molar-refractivity contribution in [1.82, 2.24) is 9.29 Å². The molecule has 9 heteroatoms. The summed E-state index contributed by atoms with van der Waals surface area (Å²) in [5.74, 6) is -0.336. The molecule has 0 saturated carbocycles. The van der Waals surface area contributed by atoms with Crippen LogP contribution >= 0.6 is 11.3 Å². The molecule has 0 aliphatic carbocycles. The Kier molecular flexibility index (Phi) is 7.47. The highest BCUT2D eigenvalue weighted by molar-refractivity contribution is 7.89. The molecule has 39 heavy (non-hydrogen) atoms. The lowest BCUT2D eigenvalue weighted by Crippen LogP contribution is -2.36. The van der Waals surface area contributed by atoms with Crippen molar-refractivity contribution in [3.63, 3.8) is 0 Å². The van der Waals surface area contributed by atoms with Gasteiger partial charge in [0.25, 0.3) is 5.91 Å².